The summed E-state index contributed by atoms with van der Waals surface area (Å²) in [5.41, 5.74) is 0. The second-order valence-electron chi connectivity index (χ2n) is 4.91. The minimum Gasteiger partial charge on any atom is -0.336 e. The number of nitrogens with zero attached hydrogens (tertiary/aromatic N) is 2. The van der Waals surface area contributed by atoms with Crippen LogP contribution in [0, 0.1) is 0 Å². The van der Waals surface area contributed by atoms with E-state index in [4.69, 9.17) is 0 Å². The molecule has 1 aromatic heterocycles. The fraction of sp³-hybridized carbons (Fsp3) is 0.538. The van der Waals surface area contributed by atoms with E-state index in [1.807, 2.05) is 17.9 Å². The van der Waals surface area contributed by atoms with E-state index in [9.17, 15) is 9.59 Å². The Morgan fingerprint density at radius 2 is 2.30 bits per heavy atom. The average Bonchev–Trinajstić information content (AvgIpc) is 2.84. The first-order valence-corrected chi connectivity index (χ1v) is 8.11. The molecule has 1 aromatic rings. The molecule has 0 bridgehead atoms. The molecule has 1 saturated heterocycles. The van der Waals surface area contributed by atoms with Crippen LogP contribution in [0.2, 0.25) is 0 Å². The molecule has 2 amide bonds. The van der Waals surface area contributed by atoms with Crippen molar-refractivity contribution in [2.45, 2.75) is 13.0 Å². The van der Waals surface area contributed by atoms with E-state index in [1.54, 1.807) is 13.1 Å². The molecule has 2 rings (SSSR count). The lowest BCUT2D eigenvalue weighted by Crippen LogP contribution is -2.54. The molecule has 0 radical (unpaired) electrons. The third-order valence-corrected chi connectivity index (χ3v) is 4.94. The van der Waals surface area contributed by atoms with Crippen LogP contribution in [0.25, 0.3) is 0 Å². The number of rotatable bonds is 3. The molecule has 20 heavy (non-hydrogen) atoms. The standard InChI is InChI=1S/C13H18BrN3O2S/c1-9-7-15-5-6-17(9)12(18)8-16(2)13(19)10-3-4-11(14)20-10/h3-4,9,15H,5-8H2,1-2H3/t9-/m0/s1. The maximum atomic E-state index is 12.3. The van der Waals surface area contributed by atoms with E-state index in [-0.39, 0.29) is 24.4 Å². The highest BCUT2D eigenvalue weighted by Gasteiger charge is 2.25. The van der Waals surface area contributed by atoms with Crippen molar-refractivity contribution in [3.63, 3.8) is 0 Å². The van der Waals surface area contributed by atoms with Crippen LogP contribution in [0.3, 0.4) is 0 Å². The van der Waals surface area contributed by atoms with Crippen LogP contribution in [-0.4, -0.2) is 60.9 Å². The zero-order valence-corrected chi connectivity index (χ0v) is 14.0. The molecule has 5 nitrogen and oxygen atoms in total. The van der Waals surface area contributed by atoms with Crippen molar-refractivity contribution in [2.24, 2.45) is 0 Å². The molecule has 110 valence electrons. The van der Waals surface area contributed by atoms with Crippen LogP contribution in [0.4, 0.5) is 0 Å². The maximum Gasteiger partial charge on any atom is 0.264 e. The third kappa shape index (κ3) is 3.59. The molecule has 2 heterocycles. The number of thiophene rings is 1. The number of halogens is 1. The number of carbonyl (C=O) groups excluding carboxylic acids is 2. The molecular formula is C13H18BrN3O2S. The van der Waals surface area contributed by atoms with Gasteiger partial charge < -0.3 is 15.1 Å². The zero-order valence-electron chi connectivity index (χ0n) is 11.6. The lowest BCUT2D eigenvalue weighted by molar-refractivity contribution is -0.134. The van der Waals surface area contributed by atoms with Crippen LogP contribution in [-0.2, 0) is 4.79 Å². The largest absolute Gasteiger partial charge is 0.336 e. The Kier molecular flexibility index (Phi) is 5.17. The Hall–Kier alpha value is -0.920. The number of piperazine rings is 1. The van der Waals surface area contributed by atoms with Crippen LogP contribution in [0.1, 0.15) is 16.6 Å². The van der Waals surface area contributed by atoms with E-state index in [0.717, 1.165) is 16.9 Å². The molecule has 0 saturated carbocycles. The summed E-state index contributed by atoms with van der Waals surface area (Å²) in [4.78, 5) is 28.4. The lowest BCUT2D eigenvalue weighted by Gasteiger charge is -2.35. The van der Waals surface area contributed by atoms with E-state index in [0.29, 0.717) is 11.4 Å². The van der Waals surface area contributed by atoms with Gasteiger partial charge in [-0.3, -0.25) is 9.59 Å². The molecule has 1 aliphatic rings. The number of hydrogen-bond acceptors (Lipinski definition) is 4. The van der Waals surface area contributed by atoms with Crippen molar-refractivity contribution >= 4 is 39.1 Å². The second-order valence-corrected chi connectivity index (χ2v) is 7.37. The smallest absolute Gasteiger partial charge is 0.264 e. The van der Waals surface area contributed by atoms with Crippen molar-refractivity contribution in [2.75, 3.05) is 33.2 Å². The fourth-order valence-electron chi connectivity index (χ4n) is 2.19. The summed E-state index contributed by atoms with van der Waals surface area (Å²) in [6.45, 7) is 4.46. The quantitative estimate of drug-likeness (QED) is 0.887. The second kappa shape index (κ2) is 6.69. The van der Waals surface area contributed by atoms with Crippen LogP contribution in [0.5, 0.6) is 0 Å². The fourth-order valence-corrected chi connectivity index (χ4v) is 3.58. The summed E-state index contributed by atoms with van der Waals surface area (Å²) in [5, 5.41) is 3.25. The van der Waals surface area contributed by atoms with Crippen molar-refractivity contribution in [3.05, 3.63) is 20.8 Å². The molecule has 0 unspecified atom stereocenters. The van der Waals surface area contributed by atoms with Crippen LogP contribution < -0.4 is 5.32 Å². The van der Waals surface area contributed by atoms with Gasteiger partial charge in [0.15, 0.2) is 0 Å². The van der Waals surface area contributed by atoms with Crippen LogP contribution in [0.15, 0.2) is 15.9 Å². The predicted molar refractivity (Wildman–Crippen MR) is 83.0 cm³/mol. The first-order chi connectivity index (χ1) is 9.49. The van der Waals surface area contributed by atoms with Gasteiger partial charge >= 0.3 is 0 Å². The highest BCUT2D eigenvalue weighted by Crippen LogP contribution is 2.23. The Labute approximate surface area is 131 Å². The number of amides is 2. The number of likely N-dealkylation sites (N-methyl/N-ethyl adjacent to an activating group) is 1. The third-order valence-electron chi connectivity index (χ3n) is 3.32. The summed E-state index contributed by atoms with van der Waals surface area (Å²) in [7, 11) is 1.67. The van der Waals surface area contributed by atoms with Gasteiger partial charge in [0.1, 0.15) is 0 Å². The van der Waals surface area contributed by atoms with Gasteiger partial charge in [0.25, 0.3) is 5.91 Å². The van der Waals surface area contributed by atoms with E-state index in [1.165, 1.54) is 16.2 Å². The predicted octanol–water partition coefficient (Wildman–Crippen LogP) is 1.40. The minimum absolute atomic E-state index is 0.00507. The van der Waals surface area contributed by atoms with Gasteiger partial charge in [0, 0.05) is 32.7 Å². The summed E-state index contributed by atoms with van der Waals surface area (Å²) in [5.74, 6) is -0.109. The van der Waals surface area contributed by atoms with Crippen LogP contribution >= 0.6 is 27.3 Å². The first-order valence-electron chi connectivity index (χ1n) is 6.50. The van der Waals surface area contributed by atoms with Crippen molar-refractivity contribution in [1.29, 1.82) is 0 Å². The van der Waals surface area contributed by atoms with E-state index < -0.39 is 0 Å². The molecule has 0 aliphatic carbocycles. The number of carbonyl (C=O) groups is 2. The molecular weight excluding hydrogens is 342 g/mol. The monoisotopic (exact) mass is 359 g/mol. The number of hydrogen-bond donors (Lipinski definition) is 1. The molecule has 0 aromatic carbocycles. The van der Waals surface area contributed by atoms with Gasteiger partial charge in [-0.1, -0.05) is 0 Å². The van der Waals surface area contributed by atoms with Gasteiger partial charge in [-0.25, -0.2) is 0 Å². The Morgan fingerprint density at radius 3 is 2.90 bits per heavy atom. The number of nitrogens with one attached hydrogen (secondary N) is 1. The van der Waals surface area contributed by atoms with Gasteiger partial charge in [0.2, 0.25) is 5.91 Å². The maximum absolute atomic E-state index is 12.3. The van der Waals surface area contributed by atoms with E-state index >= 15 is 0 Å². The normalized spacial score (nSPS) is 18.9. The zero-order chi connectivity index (χ0) is 14.7. The lowest BCUT2D eigenvalue weighted by atomic mass is 10.2. The summed E-state index contributed by atoms with van der Waals surface area (Å²) >= 11 is 4.71. The Morgan fingerprint density at radius 1 is 1.55 bits per heavy atom. The van der Waals surface area contributed by atoms with Crippen molar-refractivity contribution in [1.82, 2.24) is 15.1 Å². The van der Waals surface area contributed by atoms with Gasteiger partial charge in [-0.05, 0) is 35.0 Å². The highest BCUT2D eigenvalue weighted by molar-refractivity contribution is 9.11. The Bertz CT molecular complexity index is 506. The molecule has 1 atom stereocenters. The summed E-state index contributed by atoms with van der Waals surface area (Å²) in [6.07, 6.45) is 0. The average molecular weight is 360 g/mol. The molecule has 7 heteroatoms. The molecule has 1 aliphatic heterocycles. The summed E-state index contributed by atoms with van der Waals surface area (Å²) in [6, 6.07) is 3.79. The topological polar surface area (TPSA) is 52.7 Å². The van der Waals surface area contributed by atoms with Crippen molar-refractivity contribution in [3.8, 4) is 0 Å². The molecule has 1 fully saturated rings. The van der Waals surface area contributed by atoms with Gasteiger partial charge in [-0.2, -0.15) is 0 Å². The Balaban J connectivity index is 1.95. The van der Waals surface area contributed by atoms with Gasteiger partial charge in [0.05, 0.1) is 15.2 Å². The first kappa shape index (κ1) is 15.5. The summed E-state index contributed by atoms with van der Waals surface area (Å²) < 4.78 is 0.913. The van der Waals surface area contributed by atoms with E-state index in [2.05, 4.69) is 21.2 Å². The molecule has 0 spiro atoms. The minimum atomic E-state index is -0.114. The highest BCUT2D eigenvalue weighted by atomic mass is 79.9. The van der Waals surface area contributed by atoms with Crippen molar-refractivity contribution < 1.29 is 9.59 Å². The van der Waals surface area contributed by atoms with Gasteiger partial charge in [-0.15, -0.1) is 11.3 Å². The SMILES string of the molecule is C[C@H]1CNCCN1C(=O)CN(C)C(=O)c1ccc(Br)s1. The molecule has 1 N–H and O–H groups in total.